The summed E-state index contributed by atoms with van der Waals surface area (Å²) in [6, 6.07) is 19.9. The van der Waals surface area contributed by atoms with Crippen LogP contribution in [0, 0.1) is 6.92 Å². The molecule has 33 heavy (non-hydrogen) atoms. The Morgan fingerprint density at radius 1 is 1.00 bits per heavy atom. The van der Waals surface area contributed by atoms with E-state index in [1.165, 1.54) is 23.4 Å². The van der Waals surface area contributed by atoms with E-state index >= 15 is 0 Å². The Morgan fingerprint density at radius 2 is 1.73 bits per heavy atom. The van der Waals surface area contributed by atoms with E-state index in [9.17, 15) is 9.59 Å². The number of para-hydroxylation sites is 2. The number of aromatic nitrogens is 2. The first-order chi connectivity index (χ1) is 16.0. The Kier molecular flexibility index (Phi) is 6.65. The van der Waals surface area contributed by atoms with Crippen molar-refractivity contribution < 1.29 is 14.3 Å². The number of amides is 1. The van der Waals surface area contributed by atoms with E-state index in [2.05, 4.69) is 10.3 Å². The predicted octanol–water partition coefficient (Wildman–Crippen LogP) is 4.44. The zero-order valence-corrected chi connectivity index (χ0v) is 19.3. The maximum absolute atomic E-state index is 13.4. The standard InChI is InChI=1S/C25H23N3O4S/c1-16-8-4-6-10-19(16)26-23(29)15-33-25-27-20-11-7-5-9-18(20)24(30)28(25)17-12-13-21(31-2)22(14-17)32-3/h4-14H,15H2,1-3H3,(H,26,29). The van der Waals surface area contributed by atoms with Crippen LogP contribution in [-0.2, 0) is 4.79 Å². The van der Waals surface area contributed by atoms with Gasteiger partial charge in [-0.2, -0.15) is 0 Å². The van der Waals surface area contributed by atoms with E-state index in [1.54, 1.807) is 43.5 Å². The number of aryl methyl sites for hydroxylation is 1. The topological polar surface area (TPSA) is 82.5 Å². The van der Waals surface area contributed by atoms with Crippen molar-refractivity contribution >= 4 is 34.3 Å². The number of anilines is 1. The smallest absolute Gasteiger partial charge is 0.266 e. The van der Waals surface area contributed by atoms with Gasteiger partial charge in [0.05, 0.1) is 36.6 Å². The highest BCUT2D eigenvalue weighted by Gasteiger charge is 2.17. The summed E-state index contributed by atoms with van der Waals surface area (Å²) in [6.07, 6.45) is 0. The molecule has 4 rings (SSSR count). The predicted molar refractivity (Wildman–Crippen MR) is 131 cm³/mol. The number of carbonyl (C=O) groups is 1. The third kappa shape index (κ3) is 4.70. The number of hydrogen-bond acceptors (Lipinski definition) is 6. The Balaban J connectivity index is 1.72. The summed E-state index contributed by atoms with van der Waals surface area (Å²) in [5.74, 6) is 0.945. The summed E-state index contributed by atoms with van der Waals surface area (Å²) >= 11 is 1.20. The van der Waals surface area contributed by atoms with Gasteiger partial charge in [0.2, 0.25) is 5.91 Å². The van der Waals surface area contributed by atoms with Crippen molar-refractivity contribution in [1.82, 2.24) is 9.55 Å². The van der Waals surface area contributed by atoms with Gasteiger partial charge in [-0.1, -0.05) is 42.1 Å². The summed E-state index contributed by atoms with van der Waals surface area (Å²) in [4.78, 5) is 30.7. The minimum atomic E-state index is -0.227. The van der Waals surface area contributed by atoms with Gasteiger partial charge in [-0.25, -0.2) is 4.98 Å². The molecule has 0 bridgehead atoms. The van der Waals surface area contributed by atoms with E-state index in [1.807, 2.05) is 37.3 Å². The van der Waals surface area contributed by atoms with Crippen LogP contribution >= 0.6 is 11.8 Å². The first kappa shape index (κ1) is 22.4. The number of nitrogens with zero attached hydrogens (tertiary/aromatic N) is 2. The summed E-state index contributed by atoms with van der Waals surface area (Å²) in [6.45, 7) is 1.93. The molecule has 1 amide bonds. The molecule has 0 unspecified atom stereocenters. The number of ether oxygens (including phenoxy) is 2. The quantitative estimate of drug-likeness (QED) is 0.324. The lowest BCUT2D eigenvalue weighted by Gasteiger charge is -2.15. The van der Waals surface area contributed by atoms with Crippen molar-refractivity contribution in [3.05, 3.63) is 82.6 Å². The van der Waals surface area contributed by atoms with Crippen LogP contribution in [0.25, 0.3) is 16.6 Å². The average molecular weight is 462 g/mol. The molecule has 7 nitrogen and oxygen atoms in total. The van der Waals surface area contributed by atoms with Crippen molar-refractivity contribution in [2.24, 2.45) is 0 Å². The van der Waals surface area contributed by atoms with Crippen molar-refractivity contribution in [1.29, 1.82) is 0 Å². The van der Waals surface area contributed by atoms with E-state index < -0.39 is 0 Å². The first-order valence-electron chi connectivity index (χ1n) is 10.2. The van der Waals surface area contributed by atoms with Crippen molar-refractivity contribution in [3.8, 4) is 17.2 Å². The number of methoxy groups -OCH3 is 2. The zero-order valence-electron chi connectivity index (χ0n) is 18.5. The van der Waals surface area contributed by atoms with E-state index in [4.69, 9.17) is 9.47 Å². The lowest BCUT2D eigenvalue weighted by molar-refractivity contribution is -0.113. The molecule has 0 aliphatic heterocycles. The highest BCUT2D eigenvalue weighted by Crippen LogP contribution is 2.30. The lowest BCUT2D eigenvalue weighted by Crippen LogP contribution is -2.23. The third-order valence-electron chi connectivity index (χ3n) is 5.12. The SMILES string of the molecule is COc1ccc(-n2c(SCC(=O)Nc3ccccc3C)nc3ccccc3c2=O)cc1OC. The van der Waals surface area contributed by atoms with Gasteiger partial charge in [0.25, 0.3) is 5.56 Å². The molecule has 0 atom stereocenters. The molecular formula is C25H23N3O4S. The van der Waals surface area contributed by atoms with Crippen molar-refractivity contribution in [2.45, 2.75) is 12.1 Å². The molecule has 168 valence electrons. The molecule has 0 aliphatic carbocycles. The molecule has 0 saturated carbocycles. The van der Waals surface area contributed by atoms with E-state index in [0.717, 1.165) is 11.3 Å². The van der Waals surface area contributed by atoms with Crippen LogP contribution in [0.4, 0.5) is 5.69 Å². The normalized spacial score (nSPS) is 10.8. The molecule has 1 aromatic heterocycles. The van der Waals surface area contributed by atoms with Gasteiger partial charge in [0, 0.05) is 11.8 Å². The van der Waals surface area contributed by atoms with Crippen LogP contribution in [0.5, 0.6) is 11.5 Å². The van der Waals surface area contributed by atoms with Gasteiger partial charge in [-0.3, -0.25) is 14.2 Å². The maximum Gasteiger partial charge on any atom is 0.266 e. The fourth-order valence-corrected chi connectivity index (χ4v) is 4.24. The summed E-state index contributed by atoms with van der Waals surface area (Å²) in [5, 5.41) is 3.81. The first-order valence-corrected chi connectivity index (χ1v) is 11.2. The molecule has 1 N–H and O–H groups in total. The lowest BCUT2D eigenvalue weighted by atomic mass is 10.2. The largest absolute Gasteiger partial charge is 0.493 e. The van der Waals surface area contributed by atoms with Gasteiger partial charge < -0.3 is 14.8 Å². The number of carbonyl (C=O) groups excluding carboxylic acids is 1. The number of rotatable bonds is 7. The highest BCUT2D eigenvalue weighted by molar-refractivity contribution is 7.99. The third-order valence-corrected chi connectivity index (χ3v) is 6.06. The van der Waals surface area contributed by atoms with Gasteiger partial charge >= 0.3 is 0 Å². The molecule has 0 aliphatic rings. The Labute approximate surface area is 195 Å². The second-order valence-corrected chi connectivity index (χ2v) is 8.19. The maximum atomic E-state index is 13.4. The average Bonchev–Trinajstić information content (AvgIpc) is 2.84. The van der Waals surface area contributed by atoms with Crippen LogP contribution in [0.2, 0.25) is 0 Å². The van der Waals surface area contributed by atoms with Gasteiger partial charge in [-0.05, 0) is 42.8 Å². The second kappa shape index (κ2) is 9.79. The Morgan fingerprint density at radius 3 is 2.48 bits per heavy atom. The Hall–Kier alpha value is -3.78. The van der Waals surface area contributed by atoms with Crippen LogP contribution in [0.1, 0.15) is 5.56 Å². The number of hydrogen-bond donors (Lipinski definition) is 1. The number of nitrogens with one attached hydrogen (secondary N) is 1. The molecule has 3 aromatic carbocycles. The minimum absolute atomic E-state index is 0.0897. The minimum Gasteiger partial charge on any atom is -0.493 e. The van der Waals surface area contributed by atoms with Crippen molar-refractivity contribution in [3.63, 3.8) is 0 Å². The van der Waals surface area contributed by atoms with Gasteiger partial charge in [-0.15, -0.1) is 0 Å². The van der Waals surface area contributed by atoms with Crippen LogP contribution in [-0.4, -0.2) is 35.4 Å². The number of fused-ring (bicyclic) bond motifs is 1. The van der Waals surface area contributed by atoms with E-state index in [-0.39, 0.29) is 17.2 Å². The van der Waals surface area contributed by atoms with Crippen LogP contribution < -0.4 is 20.3 Å². The van der Waals surface area contributed by atoms with Crippen LogP contribution in [0.3, 0.4) is 0 Å². The van der Waals surface area contributed by atoms with Crippen LogP contribution in [0.15, 0.2) is 76.7 Å². The number of thioether (sulfide) groups is 1. The van der Waals surface area contributed by atoms with Gasteiger partial charge in [0.15, 0.2) is 16.7 Å². The molecule has 0 fully saturated rings. The molecule has 1 heterocycles. The fraction of sp³-hybridized carbons (Fsp3) is 0.160. The highest BCUT2D eigenvalue weighted by atomic mass is 32.2. The molecular weight excluding hydrogens is 438 g/mol. The summed E-state index contributed by atoms with van der Waals surface area (Å²) < 4.78 is 12.2. The zero-order chi connectivity index (χ0) is 23.4. The number of benzene rings is 3. The fourth-order valence-electron chi connectivity index (χ4n) is 3.43. The Bertz CT molecular complexity index is 1380. The molecule has 8 heteroatoms. The molecule has 0 radical (unpaired) electrons. The summed E-state index contributed by atoms with van der Waals surface area (Å²) in [5.41, 5.74) is 2.64. The van der Waals surface area contributed by atoms with E-state index in [0.29, 0.717) is 33.2 Å². The molecule has 0 spiro atoms. The van der Waals surface area contributed by atoms with Crippen molar-refractivity contribution in [2.75, 3.05) is 25.3 Å². The second-order valence-electron chi connectivity index (χ2n) is 7.24. The van der Waals surface area contributed by atoms with Gasteiger partial charge in [0.1, 0.15) is 0 Å². The monoisotopic (exact) mass is 461 g/mol. The summed E-state index contributed by atoms with van der Waals surface area (Å²) in [7, 11) is 3.09. The molecule has 4 aromatic rings. The molecule has 0 saturated heterocycles.